The number of halogens is 2. The van der Waals surface area contributed by atoms with Gasteiger partial charge in [0, 0.05) is 24.4 Å². The maximum absolute atomic E-state index is 14.2. The number of piperidine rings is 1. The number of rotatable bonds is 3. The van der Waals surface area contributed by atoms with Crippen LogP contribution in [0.25, 0.3) is 16.6 Å². The Hall–Kier alpha value is -2.28. The highest BCUT2D eigenvalue weighted by molar-refractivity contribution is 14.1. The van der Waals surface area contributed by atoms with Crippen molar-refractivity contribution in [2.24, 2.45) is 5.92 Å². The van der Waals surface area contributed by atoms with Gasteiger partial charge in [-0.25, -0.2) is 14.4 Å². The summed E-state index contributed by atoms with van der Waals surface area (Å²) in [6.45, 7) is 2.25. The number of carbonyl (C=O) groups is 1. The van der Waals surface area contributed by atoms with Gasteiger partial charge in [-0.15, -0.1) is 5.10 Å². The lowest BCUT2D eigenvalue weighted by Gasteiger charge is -2.45. The Bertz CT molecular complexity index is 1220. The van der Waals surface area contributed by atoms with Gasteiger partial charge >= 0.3 is 0 Å². The molecule has 0 spiro atoms. The molecule has 3 aromatic rings. The van der Waals surface area contributed by atoms with Crippen LogP contribution in [0, 0.1) is 11.7 Å². The van der Waals surface area contributed by atoms with Crippen LogP contribution in [0.4, 0.5) is 10.3 Å². The van der Waals surface area contributed by atoms with E-state index in [0.717, 1.165) is 12.8 Å². The fourth-order valence-electron chi connectivity index (χ4n) is 4.80. The van der Waals surface area contributed by atoms with E-state index in [9.17, 15) is 14.3 Å². The van der Waals surface area contributed by atoms with Crippen LogP contribution < -0.4 is 10.5 Å². The molecule has 0 unspecified atom stereocenters. The maximum atomic E-state index is 14.2. The number of hydrogen-bond donors (Lipinski definition) is 2. The minimum absolute atomic E-state index is 0.0721. The van der Waals surface area contributed by atoms with E-state index in [0.29, 0.717) is 41.8 Å². The molecule has 5 rings (SSSR count). The predicted molar refractivity (Wildman–Crippen MR) is 124 cm³/mol. The van der Waals surface area contributed by atoms with Gasteiger partial charge in [0.1, 0.15) is 17.1 Å². The van der Waals surface area contributed by atoms with Crippen molar-refractivity contribution in [3.63, 3.8) is 0 Å². The predicted octanol–water partition coefficient (Wildman–Crippen LogP) is 2.64. The van der Waals surface area contributed by atoms with Crippen molar-refractivity contribution in [1.29, 1.82) is 0 Å². The number of aromatic nitrogens is 4. The molecule has 1 saturated carbocycles. The standard InChI is InChI=1S/C21H24FIN6O3/c1-21(31)7-11(8-21)19(30)28-9-10(3-4-15(28)23)17-26-18-13-5-12(22)6-14(32-2)16(13)25-20(24)29(18)27-17/h5-6,10-11,15,31H,3-4,7-9H2,1-2H3,(H2,24,25)/t10-,11?,15-,21?/m1/s1. The van der Waals surface area contributed by atoms with Crippen molar-refractivity contribution in [2.45, 2.75) is 48.2 Å². The Morgan fingerprint density at radius 1 is 1.34 bits per heavy atom. The molecule has 1 aliphatic heterocycles. The van der Waals surface area contributed by atoms with Gasteiger partial charge in [-0.05, 0) is 38.7 Å². The van der Waals surface area contributed by atoms with Crippen molar-refractivity contribution in [1.82, 2.24) is 24.5 Å². The zero-order valence-corrected chi connectivity index (χ0v) is 19.9. The Labute approximate surface area is 197 Å². The molecule has 1 aliphatic carbocycles. The third-order valence-corrected chi connectivity index (χ3v) is 7.74. The highest BCUT2D eigenvalue weighted by Gasteiger charge is 2.46. The second kappa shape index (κ2) is 7.65. The number of nitrogen functional groups attached to an aromatic ring is 1. The monoisotopic (exact) mass is 554 g/mol. The van der Waals surface area contributed by atoms with Crippen LogP contribution in [0.3, 0.4) is 0 Å². The third-order valence-electron chi connectivity index (χ3n) is 6.45. The van der Waals surface area contributed by atoms with Crippen LogP contribution in [-0.2, 0) is 4.79 Å². The number of aliphatic hydroxyl groups is 1. The van der Waals surface area contributed by atoms with Crippen LogP contribution in [0.15, 0.2) is 12.1 Å². The molecule has 3 N–H and O–H groups in total. The lowest BCUT2D eigenvalue weighted by atomic mass is 9.71. The van der Waals surface area contributed by atoms with Gasteiger partial charge in [-0.2, -0.15) is 4.52 Å². The molecule has 9 nitrogen and oxygen atoms in total. The number of nitrogens with zero attached hydrogens (tertiary/aromatic N) is 5. The quantitative estimate of drug-likeness (QED) is 0.290. The highest BCUT2D eigenvalue weighted by Crippen LogP contribution is 2.41. The number of amides is 1. The fraction of sp³-hybridized carbons (Fsp3) is 0.524. The number of nitrogens with two attached hydrogens (primary N) is 1. The summed E-state index contributed by atoms with van der Waals surface area (Å²) in [5, 5.41) is 15.1. The molecule has 2 atom stereocenters. The molecule has 0 radical (unpaired) electrons. The van der Waals surface area contributed by atoms with Gasteiger partial charge < -0.3 is 20.5 Å². The lowest BCUT2D eigenvalue weighted by molar-refractivity contribution is -0.151. The van der Waals surface area contributed by atoms with Crippen molar-refractivity contribution >= 4 is 51.0 Å². The van der Waals surface area contributed by atoms with Gasteiger partial charge in [0.25, 0.3) is 0 Å². The first-order valence-corrected chi connectivity index (χ1v) is 11.8. The molecule has 1 saturated heterocycles. The number of carbonyl (C=O) groups excluding carboxylic acids is 1. The van der Waals surface area contributed by atoms with Gasteiger partial charge in [-0.3, -0.25) is 4.79 Å². The summed E-state index contributed by atoms with van der Waals surface area (Å²) in [6, 6.07) is 2.60. The van der Waals surface area contributed by atoms with Crippen molar-refractivity contribution in [2.75, 3.05) is 19.4 Å². The summed E-state index contributed by atoms with van der Waals surface area (Å²) in [7, 11) is 1.45. The topological polar surface area (TPSA) is 119 Å². The molecular weight excluding hydrogens is 530 g/mol. The molecule has 11 heteroatoms. The molecule has 1 aromatic carbocycles. The van der Waals surface area contributed by atoms with Crippen LogP contribution in [0.2, 0.25) is 0 Å². The first-order chi connectivity index (χ1) is 15.2. The number of ether oxygens (including phenoxy) is 1. The maximum Gasteiger partial charge on any atom is 0.226 e. The van der Waals surface area contributed by atoms with Crippen molar-refractivity contribution in [3.8, 4) is 5.75 Å². The number of alkyl halides is 1. The van der Waals surface area contributed by atoms with Crippen LogP contribution in [0.5, 0.6) is 5.75 Å². The molecule has 32 heavy (non-hydrogen) atoms. The normalized spacial score (nSPS) is 28.2. The first kappa shape index (κ1) is 21.6. The van der Waals surface area contributed by atoms with Crippen LogP contribution in [0.1, 0.15) is 44.3 Å². The minimum atomic E-state index is -0.749. The number of hydrogen-bond acceptors (Lipinski definition) is 7. The molecule has 2 aliphatic rings. The van der Waals surface area contributed by atoms with E-state index in [-0.39, 0.29) is 33.5 Å². The van der Waals surface area contributed by atoms with Crippen LogP contribution >= 0.6 is 22.6 Å². The molecule has 0 bridgehead atoms. The lowest BCUT2D eigenvalue weighted by Crippen LogP contribution is -2.53. The molecule has 170 valence electrons. The summed E-state index contributed by atoms with van der Waals surface area (Å²) < 4.78 is 20.9. The van der Waals surface area contributed by atoms with E-state index in [1.54, 1.807) is 6.92 Å². The van der Waals surface area contributed by atoms with Crippen molar-refractivity contribution in [3.05, 3.63) is 23.8 Å². The first-order valence-electron chi connectivity index (χ1n) is 10.5. The molecule has 2 aromatic heterocycles. The van der Waals surface area contributed by atoms with Gasteiger partial charge in [-0.1, -0.05) is 22.6 Å². The van der Waals surface area contributed by atoms with E-state index in [1.165, 1.54) is 23.8 Å². The van der Waals surface area contributed by atoms with E-state index in [2.05, 4.69) is 32.7 Å². The average Bonchev–Trinajstić information content (AvgIpc) is 3.18. The summed E-state index contributed by atoms with van der Waals surface area (Å²) in [6.07, 6.45) is 2.61. The van der Waals surface area contributed by atoms with E-state index in [4.69, 9.17) is 15.5 Å². The van der Waals surface area contributed by atoms with Gasteiger partial charge in [0.2, 0.25) is 11.9 Å². The molecule has 3 heterocycles. The Morgan fingerprint density at radius 2 is 2.09 bits per heavy atom. The number of fused-ring (bicyclic) bond motifs is 3. The van der Waals surface area contributed by atoms with E-state index < -0.39 is 11.4 Å². The van der Waals surface area contributed by atoms with Crippen molar-refractivity contribution < 1.29 is 19.0 Å². The Morgan fingerprint density at radius 3 is 2.78 bits per heavy atom. The zero-order chi connectivity index (χ0) is 22.8. The minimum Gasteiger partial charge on any atom is -0.494 e. The number of methoxy groups -OCH3 is 1. The number of anilines is 1. The number of benzene rings is 1. The zero-order valence-electron chi connectivity index (χ0n) is 17.8. The summed E-state index contributed by atoms with van der Waals surface area (Å²) >= 11 is 2.30. The summed E-state index contributed by atoms with van der Waals surface area (Å²) in [5.41, 5.74) is 6.20. The molecule has 1 amide bonds. The second-order valence-corrected chi connectivity index (χ2v) is 10.4. The van der Waals surface area contributed by atoms with E-state index >= 15 is 0 Å². The summed E-state index contributed by atoms with van der Waals surface area (Å²) in [4.78, 5) is 24.0. The fourth-order valence-corrected chi connectivity index (χ4v) is 5.66. The highest BCUT2D eigenvalue weighted by atomic mass is 127. The molecule has 2 fully saturated rings. The number of likely N-dealkylation sites (tertiary alicyclic amines) is 1. The smallest absolute Gasteiger partial charge is 0.226 e. The molecular formula is C21H24FIN6O3. The Kier molecular flexibility index (Phi) is 5.15. The van der Waals surface area contributed by atoms with Gasteiger partial charge in [0.05, 0.1) is 22.1 Å². The average molecular weight is 554 g/mol. The SMILES string of the molecule is COc1cc(F)cc2c1nc(N)n1nc([C@@H]3CC[C@H](I)N(C(=O)C4CC(C)(O)C4)C3)nc21. The summed E-state index contributed by atoms with van der Waals surface area (Å²) in [5.74, 6) is 0.343. The third kappa shape index (κ3) is 3.54. The van der Waals surface area contributed by atoms with Gasteiger partial charge in [0.15, 0.2) is 11.5 Å². The second-order valence-electron chi connectivity index (χ2n) is 8.98. The largest absolute Gasteiger partial charge is 0.494 e. The van der Waals surface area contributed by atoms with Crippen LogP contribution in [-0.4, -0.2) is 58.8 Å². The Balaban J connectivity index is 1.49. The van der Waals surface area contributed by atoms with E-state index in [1.807, 2.05) is 4.90 Å².